The summed E-state index contributed by atoms with van der Waals surface area (Å²) in [5, 5.41) is 3.07. The van der Waals surface area contributed by atoms with Gasteiger partial charge in [-0.25, -0.2) is 4.98 Å². The van der Waals surface area contributed by atoms with Crippen LogP contribution in [0.5, 0.6) is 0 Å². The molecule has 1 heterocycles. The highest BCUT2D eigenvalue weighted by Crippen LogP contribution is 2.38. The summed E-state index contributed by atoms with van der Waals surface area (Å²) in [6, 6.07) is -0.0919. The number of aromatic nitrogens is 2. The first-order valence-electron chi connectivity index (χ1n) is 8.48. The van der Waals surface area contributed by atoms with Gasteiger partial charge >= 0.3 is 0 Å². The van der Waals surface area contributed by atoms with E-state index in [2.05, 4.69) is 36.1 Å². The second kappa shape index (κ2) is 7.77. The third kappa shape index (κ3) is 4.57. The topological polar surface area (TPSA) is 83.8 Å². The lowest BCUT2D eigenvalue weighted by Crippen LogP contribution is -2.45. The molecule has 0 unspecified atom stereocenters. The molecule has 0 aromatic carbocycles. The van der Waals surface area contributed by atoms with Gasteiger partial charge in [0, 0.05) is 31.1 Å². The maximum atomic E-state index is 12.6. The molecule has 1 fully saturated rings. The molecular weight excluding hydrogens is 276 g/mol. The van der Waals surface area contributed by atoms with E-state index in [9.17, 15) is 4.79 Å². The Balaban J connectivity index is 1.84. The lowest BCUT2D eigenvalue weighted by Gasteiger charge is -2.36. The zero-order chi connectivity index (χ0) is 16.1. The number of nitrogens with zero attached hydrogens (tertiary/aromatic N) is 1. The normalized spacial score (nSPS) is 26.9. The Labute approximate surface area is 133 Å². The van der Waals surface area contributed by atoms with Crippen LogP contribution in [0.3, 0.4) is 0 Å². The second-order valence-corrected chi connectivity index (χ2v) is 7.20. The van der Waals surface area contributed by atoms with Gasteiger partial charge in [0.25, 0.3) is 0 Å². The molecule has 0 saturated heterocycles. The number of hydrogen-bond donors (Lipinski definition) is 3. The Kier molecular flexibility index (Phi) is 6.00. The SMILES string of the molecule is CC(C)[C@@H]1CC[C@@H](C)C[C@H]1C(=O)NC[C@@H](N)Cc1c[nH]cn1. The molecule has 1 aliphatic rings. The van der Waals surface area contributed by atoms with E-state index in [0.29, 0.717) is 30.7 Å². The van der Waals surface area contributed by atoms with Gasteiger partial charge in [-0.05, 0) is 30.6 Å². The van der Waals surface area contributed by atoms with Crippen LogP contribution in [0.1, 0.15) is 45.7 Å². The van der Waals surface area contributed by atoms with Gasteiger partial charge in [0.2, 0.25) is 5.91 Å². The van der Waals surface area contributed by atoms with Crippen molar-refractivity contribution in [2.45, 2.75) is 52.5 Å². The van der Waals surface area contributed by atoms with E-state index in [4.69, 9.17) is 5.73 Å². The maximum absolute atomic E-state index is 12.6. The Bertz CT molecular complexity index is 457. The molecule has 0 aliphatic heterocycles. The summed E-state index contributed by atoms with van der Waals surface area (Å²) in [4.78, 5) is 19.7. The van der Waals surface area contributed by atoms with Gasteiger partial charge in [0.15, 0.2) is 0 Å². The lowest BCUT2D eigenvalue weighted by atomic mass is 9.70. The minimum Gasteiger partial charge on any atom is -0.354 e. The summed E-state index contributed by atoms with van der Waals surface area (Å²) in [7, 11) is 0. The number of hydrogen-bond acceptors (Lipinski definition) is 3. The number of carbonyl (C=O) groups is 1. The predicted octanol–water partition coefficient (Wildman–Crippen LogP) is 2.10. The molecule has 0 spiro atoms. The van der Waals surface area contributed by atoms with Crippen LogP contribution in [0.15, 0.2) is 12.5 Å². The molecular formula is C17H30N4O. The van der Waals surface area contributed by atoms with Gasteiger partial charge in [-0.3, -0.25) is 4.79 Å². The van der Waals surface area contributed by atoms with Gasteiger partial charge in [-0.2, -0.15) is 0 Å². The van der Waals surface area contributed by atoms with Gasteiger partial charge in [0.05, 0.1) is 12.0 Å². The molecule has 22 heavy (non-hydrogen) atoms. The van der Waals surface area contributed by atoms with E-state index < -0.39 is 0 Å². The Morgan fingerprint density at radius 2 is 2.27 bits per heavy atom. The van der Waals surface area contributed by atoms with Gasteiger partial charge in [-0.1, -0.05) is 27.2 Å². The number of nitrogens with one attached hydrogen (secondary N) is 2. The number of amides is 1. The first kappa shape index (κ1) is 17.0. The van der Waals surface area contributed by atoms with E-state index in [1.54, 1.807) is 6.33 Å². The van der Waals surface area contributed by atoms with Crippen LogP contribution in [0, 0.1) is 23.7 Å². The quantitative estimate of drug-likeness (QED) is 0.752. The van der Waals surface area contributed by atoms with Crippen LogP contribution >= 0.6 is 0 Å². The molecule has 1 aromatic heterocycles. The first-order valence-corrected chi connectivity index (χ1v) is 8.48. The third-order valence-corrected chi connectivity index (χ3v) is 4.92. The maximum Gasteiger partial charge on any atom is 0.223 e. The zero-order valence-electron chi connectivity index (χ0n) is 14.0. The van der Waals surface area contributed by atoms with Crippen molar-refractivity contribution in [3.63, 3.8) is 0 Å². The van der Waals surface area contributed by atoms with Gasteiger partial charge in [-0.15, -0.1) is 0 Å². The summed E-state index contributed by atoms with van der Waals surface area (Å²) in [6.45, 7) is 7.22. The first-order chi connectivity index (χ1) is 10.5. The molecule has 0 bridgehead atoms. The zero-order valence-corrected chi connectivity index (χ0v) is 14.0. The van der Waals surface area contributed by atoms with Gasteiger partial charge in [0.1, 0.15) is 0 Å². The Hall–Kier alpha value is -1.36. The number of nitrogens with two attached hydrogens (primary N) is 1. The second-order valence-electron chi connectivity index (χ2n) is 7.20. The number of carbonyl (C=O) groups excluding carboxylic acids is 1. The van der Waals surface area contributed by atoms with E-state index in [0.717, 1.165) is 18.5 Å². The smallest absolute Gasteiger partial charge is 0.223 e. The van der Waals surface area contributed by atoms with Crippen LogP contribution in [0.25, 0.3) is 0 Å². The molecule has 1 saturated carbocycles. The fraction of sp³-hybridized carbons (Fsp3) is 0.765. The molecule has 124 valence electrons. The molecule has 1 amide bonds. The van der Waals surface area contributed by atoms with E-state index in [-0.39, 0.29) is 17.9 Å². The summed E-state index contributed by atoms with van der Waals surface area (Å²) < 4.78 is 0. The average molecular weight is 306 g/mol. The standard InChI is InChI=1S/C17H30N4O/c1-11(2)15-5-4-12(3)6-16(15)17(22)20-8-13(18)7-14-9-19-10-21-14/h9-13,15-16H,4-8,18H2,1-3H3,(H,19,21)(H,20,22)/t12-,13+,15+,16-/m1/s1. The molecule has 5 nitrogen and oxygen atoms in total. The fourth-order valence-corrected chi connectivity index (χ4v) is 3.61. The average Bonchev–Trinajstić information content (AvgIpc) is 2.97. The molecule has 4 N–H and O–H groups in total. The molecule has 1 aliphatic carbocycles. The lowest BCUT2D eigenvalue weighted by molar-refractivity contribution is -0.129. The predicted molar refractivity (Wildman–Crippen MR) is 88.1 cm³/mol. The summed E-state index contributed by atoms with van der Waals surface area (Å²) in [5.74, 6) is 2.02. The van der Waals surface area contributed by atoms with E-state index in [1.165, 1.54) is 6.42 Å². The summed E-state index contributed by atoms with van der Waals surface area (Å²) in [5.41, 5.74) is 7.03. The summed E-state index contributed by atoms with van der Waals surface area (Å²) >= 11 is 0. The molecule has 2 rings (SSSR count). The van der Waals surface area contributed by atoms with Crippen molar-refractivity contribution in [3.8, 4) is 0 Å². The summed E-state index contributed by atoms with van der Waals surface area (Å²) in [6.07, 6.45) is 7.58. The molecule has 0 radical (unpaired) electrons. The monoisotopic (exact) mass is 306 g/mol. The number of rotatable bonds is 6. The van der Waals surface area contributed by atoms with Gasteiger partial charge < -0.3 is 16.0 Å². The largest absolute Gasteiger partial charge is 0.354 e. The highest BCUT2D eigenvalue weighted by Gasteiger charge is 2.35. The van der Waals surface area contributed by atoms with Crippen LogP contribution in [0.2, 0.25) is 0 Å². The van der Waals surface area contributed by atoms with E-state index in [1.807, 2.05) is 6.20 Å². The van der Waals surface area contributed by atoms with Crippen molar-refractivity contribution >= 4 is 5.91 Å². The van der Waals surface area contributed by atoms with Crippen LogP contribution in [-0.4, -0.2) is 28.5 Å². The van der Waals surface area contributed by atoms with Crippen molar-refractivity contribution in [2.24, 2.45) is 29.4 Å². The van der Waals surface area contributed by atoms with Crippen molar-refractivity contribution in [3.05, 3.63) is 18.2 Å². The molecule has 4 atom stereocenters. The Morgan fingerprint density at radius 1 is 1.50 bits per heavy atom. The highest BCUT2D eigenvalue weighted by molar-refractivity contribution is 5.79. The highest BCUT2D eigenvalue weighted by atomic mass is 16.1. The minimum absolute atomic E-state index is 0.0919. The van der Waals surface area contributed by atoms with Crippen LogP contribution < -0.4 is 11.1 Å². The van der Waals surface area contributed by atoms with E-state index >= 15 is 0 Å². The fourth-order valence-electron chi connectivity index (χ4n) is 3.61. The Morgan fingerprint density at radius 3 is 2.91 bits per heavy atom. The van der Waals surface area contributed by atoms with Crippen molar-refractivity contribution < 1.29 is 4.79 Å². The molecule has 1 aromatic rings. The third-order valence-electron chi connectivity index (χ3n) is 4.92. The van der Waals surface area contributed by atoms with Crippen molar-refractivity contribution in [2.75, 3.05) is 6.54 Å². The molecule has 5 heteroatoms. The van der Waals surface area contributed by atoms with Crippen LogP contribution in [0.4, 0.5) is 0 Å². The number of H-pyrrole nitrogens is 1. The minimum atomic E-state index is -0.0919. The number of imidazole rings is 1. The van der Waals surface area contributed by atoms with Crippen molar-refractivity contribution in [1.29, 1.82) is 0 Å². The van der Waals surface area contributed by atoms with Crippen molar-refractivity contribution in [1.82, 2.24) is 15.3 Å². The van der Waals surface area contributed by atoms with Crippen LogP contribution in [-0.2, 0) is 11.2 Å². The number of aromatic amines is 1.